The topological polar surface area (TPSA) is 49.9 Å². The lowest BCUT2D eigenvalue weighted by molar-refractivity contribution is 0.323. The maximum atomic E-state index is 13.6. The van der Waals surface area contributed by atoms with E-state index in [0.29, 0.717) is 23.7 Å². The first-order valence-electron chi connectivity index (χ1n) is 5.47. The summed E-state index contributed by atoms with van der Waals surface area (Å²) in [5.41, 5.74) is 1.99. The number of imidazole rings is 1. The van der Waals surface area contributed by atoms with Crippen molar-refractivity contribution in [2.45, 2.75) is 6.92 Å². The number of aromatic nitrogens is 2. The number of aromatic amines is 1. The van der Waals surface area contributed by atoms with Crippen molar-refractivity contribution >= 4 is 5.69 Å². The molecule has 1 aromatic heterocycles. The first-order valence-corrected chi connectivity index (χ1v) is 5.47. The van der Waals surface area contributed by atoms with Crippen LogP contribution in [0.15, 0.2) is 18.2 Å². The van der Waals surface area contributed by atoms with E-state index in [1.54, 1.807) is 13.0 Å². The summed E-state index contributed by atoms with van der Waals surface area (Å²) in [7, 11) is 0. The second kappa shape index (κ2) is 3.76. The number of fused-ring (bicyclic) bond motifs is 1. The summed E-state index contributed by atoms with van der Waals surface area (Å²) >= 11 is 0. The number of benzene rings is 1. The van der Waals surface area contributed by atoms with Crippen molar-refractivity contribution in [1.29, 1.82) is 0 Å². The lowest BCUT2D eigenvalue weighted by Crippen LogP contribution is -2.17. The minimum atomic E-state index is -0.411. The monoisotopic (exact) mass is 233 g/mol. The summed E-state index contributed by atoms with van der Waals surface area (Å²) in [6.45, 7) is 3.14. The van der Waals surface area contributed by atoms with Crippen molar-refractivity contribution in [1.82, 2.24) is 9.97 Å². The third-order valence-corrected chi connectivity index (χ3v) is 2.71. The Hall–Kier alpha value is -2.04. The Kier molecular flexibility index (Phi) is 2.24. The van der Waals surface area contributed by atoms with Gasteiger partial charge in [0.05, 0.1) is 5.69 Å². The molecule has 0 bridgehead atoms. The Morgan fingerprint density at radius 1 is 1.41 bits per heavy atom. The summed E-state index contributed by atoms with van der Waals surface area (Å²) < 4.78 is 19.1. The van der Waals surface area contributed by atoms with Gasteiger partial charge >= 0.3 is 0 Å². The van der Waals surface area contributed by atoms with Crippen LogP contribution in [-0.4, -0.2) is 23.1 Å². The molecule has 1 aliphatic rings. The molecule has 2 N–H and O–H groups in total. The van der Waals surface area contributed by atoms with Crippen LogP contribution in [0.1, 0.15) is 5.82 Å². The Balaban J connectivity index is 2.06. The van der Waals surface area contributed by atoms with Crippen molar-refractivity contribution in [3.05, 3.63) is 30.0 Å². The van der Waals surface area contributed by atoms with Crippen LogP contribution in [0.5, 0.6) is 5.75 Å². The molecular formula is C12H12FN3O. The summed E-state index contributed by atoms with van der Waals surface area (Å²) in [6.07, 6.45) is 0. The number of anilines is 1. The molecule has 1 aliphatic heterocycles. The average Bonchev–Trinajstić information content (AvgIpc) is 2.68. The van der Waals surface area contributed by atoms with Crippen LogP contribution >= 0.6 is 0 Å². The number of nitrogens with zero attached hydrogens (tertiary/aromatic N) is 1. The largest absolute Gasteiger partial charge is 0.490 e. The van der Waals surface area contributed by atoms with Crippen LogP contribution in [-0.2, 0) is 0 Å². The van der Waals surface area contributed by atoms with Gasteiger partial charge in [-0.15, -0.1) is 0 Å². The molecule has 0 atom stereocenters. The van der Waals surface area contributed by atoms with Crippen LogP contribution in [0.3, 0.4) is 0 Å². The highest BCUT2D eigenvalue weighted by atomic mass is 19.1. The molecule has 0 fully saturated rings. The summed E-state index contributed by atoms with van der Waals surface area (Å²) in [4.78, 5) is 6.67. The zero-order chi connectivity index (χ0) is 11.8. The van der Waals surface area contributed by atoms with Gasteiger partial charge in [-0.3, -0.25) is 0 Å². The van der Waals surface area contributed by atoms with E-state index in [1.807, 2.05) is 12.1 Å². The number of hydrogen-bond acceptors (Lipinski definition) is 3. The highest BCUT2D eigenvalue weighted by Gasteiger charge is 2.14. The molecule has 0 saturated heterocycles. The van der Waals surface area contributed by atoms with Crippen molar-refractivity contribution in [3.8, 4) is 17.0 Å². The van der Waals surface area contributed by atoms with E-state index in [0.717, 1.165) is 18.0 Å². The minimum absolute atomic E-state index is 0.333. The SMILES string of the molecule is Cc1nc(-c2ccc3c(c2)OCCN3)c(F)[nH]1. The normalized spacial score (nSPS) is 13.8. The first kappa shape index (κ1) is 10.1. The van der Waals surface area contributed by atoms with E-state index in [9.17, 15) is 4.39 Å². The molecule has 4 nitrogen and oxygen atoms in total. The number of rotatable bonds is 1. The number of aryl methyl sites for hydroxylation is 1. The van der Waals surface area contributed by atoms with Gasteiger partial charge in [0.1, 0.15) is 23.9 Å². The van der Waals surface area contributed by atoms with Gasteiger partial charge in [0.25, 0.3) is 0 Å². The van der Waals surface area contributed by atoms with E-state index in [4.69, 9.17) is 4.74 Å². The molecule has 2 aromatic rings. The molecule has 2 heterocycles. The van der Waals surface area contributed by atoms with Crippen LogP contribution < -0.4 is 10.1 Å². The lowest BCUT2D eigenvalue weighted by atomic mass is 10.1. The predicted molar refractivity (Wildman–Crippen MR) is 62.7 cm³/mol. The number of nitrogens with one attached hydrogen (secondary N) is 2. The molecule has 88 valence electrons. The quantitative estimate of drug-likeness (QED) is 0.794. The second-order valence-electron chi connectivity index (χ2n) is 3.97. The van der Waals surface area contributed by atoms with Gasteiger partial charge in [0, 0.05) is 12.1 Å². The highest BCUT2D eigenvalue weighted by molar-refractivity contribution is 5.69. The van der Waals surface area contributed by atoms with Gasteiger partial charge in [0.2, 0.25) is 5.95 Å². The molecule has 1 aromatic carbocycles. The van der Waals surface area contributed by atoms with Gasteiger partial charge < -0.3 is 15.0 Å². The second-order valence-corrected chi connectivity index (χ2v) is 3.97. The van der Waals surface area contributed by atoms with Crippen LogP contribution in [0, 0.1) is 12.9 Å². The number of halogens is 1. The molecule has 0 radical (unpaired) electrons. The van der Waals surface area contributed by atoms with Crippen molar-refractivity contribution in [2.75, 3.05) is 18.5 Å². The van der Waals surface area contributed by atoms with Gasteiger partial charge in [-0.2, -0.15) is 4.39 Å². The Labute approximate surface area is 97.8 Å². The molecule has 0 unspecified atom stereocenters. The Morgan fingerprint density at radius 2 is 2.29 bits per heavy atom. The zero-order valence-electron chi connectivity index (χ0n) is 9.38. The fraction of sp³-hybridized carbons (Fsp3) is 0.250. The third-order valence-electron chi connectivity index (χ3n) is 2.71. The van der Waals surface area contributed by atoms with Gasteiger partial charge in [-0.25, -0.2) is 4.98 Å². The number of hydrogen-bond donors (Lipinski definition) is 2. The molecule has 17 heavy (non-hydrogen) atoms. The first-order chi connectivity index (χ1) is 8.24. The van der Waals surface area contributed by atoms with Crippen LogP contribution in [0.4, 0.5) is 10.1 Å². The van der Waals surface area contributed by atoms with E-state index in [2.05, 4.69) is 15.3 Å². The fourth-order valence-corrected chi connectivity index (χ4v) is 1.94. The predicted octanol–water partition coefficient (Wildman–Crippen LogP) is 2.33. The average molecular weight is 233 g/mol. The molecule has 0 amide bonds. The molecule has 0 aliphatic carbocycles. The molecule has 5 heteroatoms. The third kappa shape index (κ3) is 1.73. The highest BCUT2D eigenvalue weighted by Crippen LogP contribution is 2.32. The van der Waals surface area contributed by atoms with E-state index < -0.39 is 5.95 Å². The minimum Gasteiger partial charge on any atom is -0.490 e. The molecule has 0 spiro atoms. The summed E-state index contributed by atoms with van der Waals surface area (Å²) in [5, 5.41) is 3.21. The number of ether oxygens (including phenoxy) is 1. The molecule has 3 rings (SSSR count). The maximum absolute atomic E-state index is 13.6. The summed E-state index contributed by atoms with van der Waals surface area (Å²) in [6, 6.07) is 5.52. The van der Waals surface area contributed by atoms with Gasteiger partial charge in [-0.05, 0) is 19.1 Å². The summed E-state index contributed by atoms with van der Waals surface area (Å²) in [5.74, 6) is 0.897. The van der Waals surface area contributed by atoms with E-state index in [1.165, 1.54) is 0 Å². The maximum Gasteiger partial charge on any atom is 0.218 e. The van der Waals surface area contributed by atoms with E-state index in [-0.39, 0.29) is 0 Å². The van der Waals surface area contributed by atoms with E-state index >= 15 is 0 Å². The zero-order valence-corrected chi connectivity index (χ0v) is 9.38. The molecule has 0 saturated carbocycles. The van der Waals surface area contributed by atoms with Gasteiger partial charge in [-0.1, -0.05) is 6.07 Å². The lowest BCUT2D eigenvalue weighted by Gasteiger charge is -2.19. The molecular weight excluding hydrogens is 221 g/mol. The smallest absolute Gasteiger partial charge is 0.218 e. The van der Waals surface area contributed by atoms with Crippen molar-refractivity contribution < 1.29 is 9.13 Å². The van der Waals surface area contributed by atoms with Crippen molar-refractivity contribution in [2.24, 2.45) is 0 Å². The Morgan fingerprint density at radius 3 is 3.06 bits per heavy atom. The number of H-pyrrole nitrogens is 1. The van der Waals surface area contributed by atoms with Crippen molar-refractivity contribution in [3.63, 3.8) is 0 Å². The van der Waals surface area contributed by atoms with Crippen LogP contribution in [0.25, 0.3) is 11.3 Å². The fourth-order valence-electron chi connectivity index (χ4n) is 1.94. The van der Waals surface area contributed by atoms with Gasteiger partial charge in [0.15, 0.2) is 0 Å². The Bertz CT molecular complexity index is 565. The standard InChI is InChI=1S/C12H12FN3O/c1-7-15-11(12(13)16-7)8-2-3-9-10(6-8)17-5-4-14-9/h2-3,6,14H,4-5H2,1H3,(H,15,16). The van der Waals surface area contributed by atoms with Crippen LogP contribution in [0.2, 0.25) is 0 Å².